The highest BCUT2D eigenvalue weighted by atomic mass is 16.5. The molecule has 1 rings (SSSR count). The van der Waals surface area contributed by atoms with Gasteiger partial charge in [0, 0.05) is 12.8 Å². The first-order chi connectivity index (χ1) is 5.74. The molecular weight excluding hydrogens is 160 g/mol. The van der Waals surface area contributed by atoms with Gasteiger partial charge in [-0.15, -0.1) is 0 Å². The summed E-state index contributed by atoms with van der Waals surface area (Å²) in [6.07, 6.45) is 0.787. The van der Waals surface area contributed by atoms with Crippen LogP contribution in [0.4, 0.5) is 0 Å². The van der Waals surface area contributed by atoms with E-state index in [0.29, 0.717) is 6.42 Å². The highest BCUT2D eigenvalue weighted by Crippen LogP contribution is 2.15. The van der Waals surface area contributed by atoms with E-state index < -0.39 is 0 Å². The molecular formula is C8H11O4. The third kappa shape index (κ3) is 2.39. The molecule has 0 saturated heterocycles. The summed E-state index contributed by atoms with van der Waals surface area (Å²) in [5.41, 5.74) is 0. The maximum Gasteiger partial charge on any atom is 0.200 e. The van der Waals surface area contributed by atoms with Gasteiger partial charge in [0.25, 0.3) is 0 Å². The summed E-state index contributed by atoms with van der Waals surface area (Å²) in [4.78, 5) is 21.6. The van der Waals surface area contributed by atoms with E-state index in [1.807, 2.05) is 0 Å². The van der Waals surface area contributed by atoms with Crippen molar-refractivity contribution in [3.63, 3.8) is 0 Å². The Hall–Kier alpha value is -0.740. The molecule has 1 atom stereocenters. The summed E-state index contributed by atoms with van der Waals surface area (Å²) in [5.74, 6) is -0.672. The third-order valence-corrected chi connectivity index (χ3v) is 1.85. The minimum Gasteiger partial charge on any atom is -0.375 e. The van der Waals surface area contributed by atoms with Crippen molar-refractivity contribution < 1.29 is 19.4 Å². The van der Waals surface area contributed by atoms with Crippen LogP contribution in [0.25, 0.3) is 0 Å². The first-order valence-electron chi connectivity index (χ1n) is 3.99. The van der Waals surface area contributed by atoms with Crippen molar-refractivity contribution in [2.45, 2.75) is 25.4 Å². The summed E-state index contributed by atoms with van der Waals surface area (Å²) >= 11 is 0. The fraction of sp³-hybridized carbons (Fsp3) is 0.750. The Morgan fingerprint density at radius 3 is 2.67 bits per heavy atom. The molecule has 1 saturated carbocycles. The zero-order valence-corrected chi connectivity index (χ0v) is 6.75. The number of ether oxygens (including phenoxy) is 1. The highest BCUT2D eigenvalue weighted by Gasteiger charge is 2.26. The molecule has 0 aliphatic heterocycles. The Morgan fingerprint density at radius 2 is 2.08 bits per heavy atom. The Labute approximate surface area is 70.5 Å². The molecule has 0 aromatic carbocycles. The number of rotatable bonds is 3. The molecule has 12 heavy (non-hydrogen) atoms. The van der Waals surface area contributed by atoms with Gasteiger partial charge in [-0.25, -0.2) is 5.11 Å². The fourth-order valence-electron chi connectivity index (χ4n) is 1.21. The number of carbonyl (C=O) groups is 2. The van der Waals surface area contributed by atoms with E-state index >= 15 is 0 Å². The summed E-state index contributed by atoms with van der Waals surface area (Å²) in [5, 5.41) is 10.0. The van der Waals surface area contributed by atoms with Crippen LogP contribution in [-0.4, -0.2) is 30.9 Å². The Kier molecular flexibility index (Phi) is 3.37. The smallest absolute Gasteiger partial charge is 0.200 e. The molecule has 1 radical (unpaired) electrons. The topological polar surface area (TPSA) is 63.3 Å². The molecule has 0 amide bonds. The third-order valence-electron chi connectivity index (χ3n) is 1.85. The maximum absolute atomic E-state index is 10.9. The fourth-order valence-corrected chi connectivity index (χ4v) is 1.21. The van der Waals surface area contributed by atoms with Crippen molar-refractivity contribution >= 4 is 11.6 Å². The van der Waals surface area contributed by atoms with E-state index in [2.05, 4.69) is 0 Å². The SMILES string of the molecule is [O]CCOC1CCC(=O)C(=O)C1. The minimum atomic E-state index is -0.364. The predicted octanol–water partition coefficient (Wildman–Crippen LogP) is 0.124. The van der Waals surface area contributed by atoms with Crippen LogP contribution in [0.5, 0.6) is 0 Å². The standard InChI is InChI=1S/C8H11O4/c9-3-4-12-6-1-2-7(10)8(11)5-6/h6H,1-5H2. The number of hydrogen-bond donors (Lipinski definition) is 0. The van der Waals surface area contributed by atoms with Gasteiger partial charge >= 0.3 is 0 Å². The lowest BCUT2D eigenvalue weighted by atomic mass is 9.95. The lowest BCUT2D eigenvalue weighted by molar-refractivity contribution is -0.141. The van der Waals surface area contributed by atoms with E-state index in [4.69, 9.17) is 4.74 Å². The van der Waals surface area contributed by atoms with Crippen LogP contribution < -0.4 is 0 Å². The van der Waals surface area contributed by atoms with Crippen LogP contribution in [0.3, 0.4) is 0 Å². The quantitative estimate of drug-likeness (QED) is 0.567. The van der Waals surface area contributed by atoms with Crippen molar-refractivity contribution in [1.29, 1.82) is 0 Å². The number of ketones is 2. The summed E-state index contributed by atoms with van der Waals surface area (Å²) in [6, 6.07) is 0. The molecule has 0 aromatic heterocycles. The highest BCUT2D eigenvalue weighted by molar-refractivity contribution is 6.37. The van der Waals surface area contributed by atoms with Gasteiger partial charge in [0.15, 0.2) is 5.78 Å². The number of Topliss-reactive ketones (excluding diaryl/α,β-unsaturated/α-hetero) is 2. The van der Waals surface area contributed by atoms with Crippen LogP contribution in [0.2, 0.25) is 0 Å². The van der Waals surface area contributed by atoms with Crippen LogP contribution >= 0.6 is 0 Å². The second-order valence-corrected chi connectivity index (χ2v) is 2.79. The first-order valence-corrected chi connectivity index (χ1v) is 3.99. The van der Waals surface area contributed by atoms with E-state index in [-0.39, 0.29) is 43.7 Å². The van der Waals surface area contributed by atoms with Gasteiger partial charge in [-0.3, -0.25) is 9.59 Å². The Bertz CT molecular complexity index is 187. The second kappa shape index (κ2) is 4.33. The van der Waals surface area contributed by atoms with Gasteiger partial charge in [-0.1, -0.05) is 0 Å². The van der Waals surface area contributed by atoms with E-state index in [1.54, 1.807) is 0 Å². The molecule has 67 valence electrons. The molecule has 0 spiro atoms. The zero-order valence-electron chi connectivity index (χ0n) is 6.75. The summed E-state index contributed by atoms with van der Waals surface area (Å²) < 4.78 is 5.07. The molecule has 1 unspecified atom stereocenters. The predicted molar refractivity (Wildman–Crippen MR) is 39.2 cm³/mol. The van der Waals surface area contributed by atoms with Crippen molar-refractivity contribution in [2.24, 2.45) is 0 Å². The molecule has 0 aromatic rings. The first kappa shape index (κ1) is 9.35. The van der Waals surface area contributed by atoms with Crippen molar-refractivity contribution in [3.05, 3.63) is 0 Å². The number of carbonyl (C=O) groups excluding carboxylic acids is 2. The zero-order chi connectivity index (χ0) is 8.97. The van der Waals surface area contributed by atoms with Crippen molar-refractivity contribution in [1.82, 2.24) is 0 Å². The van der Waals surface area contributed by atoms with Crippen LogP contribution in [0, 0.1) is 0 Å². The summed E-state index contributed by atoms with van der Waals surface area (Å²) in [7, 11) is 0. The van der Waals surface area contributed by atoms with E-state index in [9.17, 15) is 14.7 Å². The average Bonchev–Trinajstić information content (AvgIpc) is 2.07. The monoisotopic (exact) mass is 171 g/mol. The molecule has 4 nitrogen and oxygen atoms in total. The van der Waals surface area contributed by atoms with E-state index in [1.165, 1.54) is 0 Å². The van der Waals surface area contributed by atoms with Crippen molar-refractivity contribution in [2.75, 3.05) is 13.2 Å². The van der Waals surface area contributed by atoms with Gasteiger partial charge in [-0.2, -0.15) is 0 Å². The summed E-state index contributed by atoms with van der Waals surface area (Å²) in [6.45, 7) is -0.162. The lowest BCUT2D eigenvalue weighted by Crippen LogP contribution is -2.30. The van der Waals surface area contributed by atoms with E-state index in [0.717, 1.165) is 0 Å². The van der Waals surface area contributed by atoms with Gasteiger partial charge in [0.2, 0.25) is 5.78 Å². The average molecular weight is 171 g/mol. The molecule has 0 bridgehead atoms. The second-order valence-electron chi connectivity index (χ2n) is 2.79. The van der Waals surface area contributed by atoms with Crippen LogP contribution in [-0.2, 0) is 19.4 Å². The minimum absolute atomic E-state index is 0.131. The molecule has 1 fully saturated rings. The molecule has 1 aliphatic rings. The van der Waals surface area contributed by atoms with Crippen LogP contribution in [0.1, 0.15) is 19.3 Å². The molecule has 0 heterocycles. The van der Waals surface area contributed by atoms with Crippen LogP contribution in [0.15, 0.2) is 0 Å². The maximum atomic E-state index is 10.9. The lowest BCUT2D eigenvalue weighted by Gasteiger charge is -2.19. The molecule has 0 N–H and O–H groups in total. The molecule has 4 heteroatoms. The van der Waals surface area contributed by atoms with Gasteiger partial charge in [0.1, 0.15) is 6.61 Å². The molecule has 1 aliphatic carbocycles. The largest absolute Gasteiger partial charge is 0.375 e. The van der Waals surface area contributed by atoms with Gasteiger partial charge < -0.3 is 4.74 Å². The van der Waals surface area contributed by atoms with Gasteiger partial charge in [-0.05, 0) is 6.42 Å². The Morgan fingerprint density at radius 1 is 1.33 bits per heavy atom. The number of hydrogen-bond acceptors (Lipinski definition) is 3. The van der Waals surface area contributed by atoms with Crippen molar-refractivity contribution in [3.8, 4) is 0 Å². The Balaban J connectivity index is 2.30. The van der Waals surface area contributed by atoms with Gasteiger partial charge in [0.05, 0.1) is 12.7 Å². The normalized spacial score (nSPS) is 24.6.